The molecule has 0 radical (unpaired) electrons. The smallest absolute Gasteiger partial charge is 0.222 e. The maximum absolute atomic E-state index is 12.4. The van der Waals surface area contributed by atoms with E-state index in [1.807, 2.05) is 35.2 Å². The summed E-state index contributed by atoms with van der Waals surface area (Å²) in [6.07, 6.45) is 1.26. The van der Waals surface area contributed by atoms with Crippen LogP contribution in [-0.4, -0.2) is 50.7 Å². The first-order valence-electron chi connectivity index (χ1n) is 9.11. The number of anilines is 1. The third-order valence-corrected chi connectivity index (χ3v) is 4.62. The Morgan fingerprint density at radius 2 is 1.58 bits per heavy atom. The van der Waals surface area contributed by atoms with Gasteiger partial charge in [0.15, 0.2) is 0 Å². The monoisotopic (exact) mass is 354 g/mol. The number of methoxy groups -OCH3 is 1. The number of ether oxygens (including phenoxy) is 2. The molecule has 138 valence electrons. The maximum atomic E-state index is 12.4. The van der Waals surface area contributed by atoms with Crippen molar-refractivity contribution in [1.29, 1.82) is 0 Å². The van der Waals surface area contributed by atoms with Crippen molar-refractivity contribution in [2.24, 2.45) is 0 Å². The molecule has 0 bridgehead atoms. The highest BCUT2D eigenvalue weighted by Gasteiger charge is 2.20. The quantitative estimate of drug-likeness (QED) is 0.716. The van der Waals surface area contributed by atoms with Crippen LogP contribution in [0, 0.1) is 0 Å². The van der Waals surface area contributed by atoms with Gasteiger partial charge in [-0.1, -0.05) is 18.2 Å². The molecule has 1 heterocycles. The van der Waals surface area contributed by atoms with Crippen molar-refractivity contribution in [3.63, 3.8) is 0 Å². The zero-order chi connectivity index (χ0) is 18.2. The van der Waals surface area contributed by atoms with Gasteiger partial charge in [0.2, 0.25) is 5.91 Å². The molecule has 5 nitrogen and oxygen atoms in total. The summed E-state index contributed by atoms with van der Waals surface area (Å²) in [4.78, 5) is 16.7. The maximum Gasteiger partial charge on any atom is 0.222 e. The second-order valence-electron chi connectivity index (χ2n) is 6.33. The number of piperazine rings is 1. The zero-order valence-corrected chi connectivity index (χ0v) is 15.3. The number of amides is 1. The van der Waals surface area contributed by atoms with Crippen molar-refractivity contribution in [3.05, 3.63) is 54.6 Å². The summed E-state index contributed by atoms with van der Waals surface area (Å²) in [7, 11) is 1.64. The number of benzene rings is 2. The van der Waals surface area contributed by atoms with Gasteiger partial charge in [-0.25, -0.2) is 0 Å². The molecule has 26 heavy (non-hydrogen) atoms. The third kappa shape index (κ3) is 4.91. The predicted molar refractivity (Wildman–Crippen MR) is 103 cm³/mol. The summed E-state index contributed by atoms with van der Waals surface area (Å²) in [5.74, 6) is 1.83. The van der Waals surface area contributed by atoms with Gasteiger partial charge >= 0.3 is 0 Å². The molecule has 0 aromatic heterocycles. The molecule has 0 aliphatic carbocycles. The van der Waals surface area contributed by atoms with E-state index < -0.39 is 0 Å². The minimum Gasteiger partial charge on any atom is -0.497 e. The van der Waals surface area contributed by atoms with E-state index in [1.54, 1.807) is 7.11 Å². The summed E-state index contributed by atoms with van der Waals surface area (Å²) in [5.41, 5.74) is 1.23. The highest BCUT2D eigenvalue weighted by Crippen LogP contribution is 2.18. The van der Waals surface area contributed by atoms with E-state index in [2.05, 4.69) is 29.2 Å². The molecular formula is C21H26N2O3. The van der Waals surface area contributed by atoms with Gasteiger partial charge in [0.25, 0.3) is 0 Å². The Morgan fingerprint density at radius 3 is 2.23 bits per heavy atom. The first-order chi connectivity index (χ1) is 12.8. The normalized spacial score (nSPS) is 14.2. The van der Waals surface area contributed by atoms with E-state index in [4.69, 9.17) is 9.47 Å². The van der Waals surface area contributed by atoms with Gasteiger partial charge in [0, 0.05) is 38.3 Å². The van der Waals surface area contributed by atoms with E-state index in [0.29, 0.717) is 13.0 Å². The molecule has 1 amide bonds. The SMILES string of the molecule is COc1ccc(OCCCC(=O)N2CCN(c3ccccc3)CC2)cc1. The van der Waals surface area contributed by atoms with Crippen LogP contribution in [0.3, 0.4) is 0 Å². The average molecular weight is 354 g/mol. The molecule has 1 aliphatic rings. The van der Waals surface area contributed by atoms with E-state index in [-0.39, 0.29) is 5.91 Å². The van der Waals surface area contributed by atoms with E-state index in [1.165, 1.54) is 5.69 Å². The Balaban J connectivity index is 1.35. The van der Waals surface area contributed by atoms with Crippen molar-refractivity contribution >= 4 is 11.6 Å². The van der Waals surface area contributed by atoms with Gasteiger partial charge in [-0.3, -0.25) is 4.79 Å². The lowest BCUT2D eigenvalue weighted by Crippen LogP contribution is -2.48. The standard InChI is InChI=1S/C21H26N2O3/c1-25-19-9-11-20(12-10-19)26-17-5-8-21(24)23-15-13-22(14-16-23)18-6-3-2-4-7-18/h2-4,6-7,9-12H,5,8,13-17H2,1H3. The Kier molecular flexibility index (Phi) is 6.36. The number of nitrogens with zero attached hydrogens (tertiary/aromatic N) is 2. The molecule has 0 saturated carbocycles. The van der Waals surface area contributed by atoms with Crippen LogP contribution in [-0.2, 0) is 4.79 Å². The van der Waals surface area contributed by atoms with Crippen molar-refractivity contribution in [3.8, 4) is 11.5 Å². The highest BCUT2D eigenvalue weighted by molar-refractivity contribution is 5.76. The Bertz CT molecular complexity index is 680. The molecule has 3 rings (SSSR count). The van der Waals surface area contributed by atoms with Crippen LogP contribution >= 0.6 is 0 Å². The van der Waals surface area contributed by atoms with Gasteiger partial charge in [0.05, 0.1) is 13.7 Å². The van der Waals surface area contributed by atoms with Crippen LogP contribution in [0.15, 0.2) is 54.6 Å². The van der Waals surface area contributed by atoms with Crippen LogP contribution in [0.5, 0.6) is 11.5 Å². The third-order valence-electron chi connectivity index (χ3n) is 4.62. The van der Waals surface area contributed by atoms with E-state index in [9.17, 15) is 4.79 Å². The summed E-state index contributed by atoms with van der Waals surface area (Å²) in [6.45, 7) is 3.89. The Hall–Kier alpha value is -2.69. The molecule has 0 atom stereocenters. The molecular weight excluding hydrogens is 328 g/mol. The van der Waals surface area contributed by atoms with Gasteiger partial charge in [-0.2, -0.15) is 0 Å². The summed E-state index contributed by atoms with van der Waals surface area (Å²) < 4.78 is 10.8. The number of hydrogen-bond donors (Lipinski definition) is 0. The highest BCUT2D eigenvalue weighted by atomic mass is 16.5. The first-order valence-corrected chi connectivity index (χ1v) is 9.11. The molecule has 1 aliphatic heterocycles. The molecule has 0 N–H and O–H groups in total. The minimum absolute atomic E-state index is 0.219. The number of carbonyl (C=O) groups is 1. The van der Waals surface area contributed by atoms with Gasteiger partial charge in [0.1, 0.15) is 11.5 Å². The van der Waals surface area contributed by atoms with Gasteiger partial charge < -0.3 is 19.3 Å². The number of hydrogen-bond acceptors (Lipinski definition) is 4. The number of carbonyl (C=O) groups excluding carboxylic acids is 1. The molecule has 2 aromatic carbocycles. The van der Waals surface area contributed by atoms with E-state index >= 15 is 0 Å². The lowest BCUT2D eigenvalue weighted by atomic mass is 10.2. The molecule has 0 spiro atoms. The predicted octanol–water partition coefficient (Wildman–Crippen LogP) is 3.20. The number of para-hydroxylation sites is 1. The Labute approximate surface area is 155 Å². The summed E-state index contributed by atoms with van der Waals surface area (Å²) >= 11 is 0. The molecule has 2 aromatic rings. The van der Waals surface area contributed by atoms with Gasteiger partial charge in [-0.05, 0) is 42.8 Å². The lowest BCUT2D eigenvalue weighted by molar-refractivity contribution is -0.131. The summed E-state index contributed by atoms with van der Waals surface area (Å²) in [5, 5.41) is 0. The minimum atomic E-state index is 0.219. The first kappa shape index (κ1) is 18.1. The van der Waals surface area contributed by atoms with Crippen LogP contribution in [0.25, 0.3) is 0 Å². The molecule has 1 fully saturated rings. The summed E-state index contributed by atoms with van der Waals surface area (Å²) in [6, 6.07) is 17.9. The van der Waals surface area contributed by atoms with E-state index in [0.717, 1.165) is 44.1 Å². The Morgan fingerprint density at radius 1 is 0.923 bits per heavy atom. The van der Waals surface area contributed by atoms with Crippen LogP contribution in [0.2, 0.25) is 0 Å². The topological polar surface area (TPSA) is 42.0 Å². The molecule has 1 saturated heterocycles. The second-order valence-corrected chi connectivity index (χ2v) is 6.33. The second kappa shape index (κ2) is 9.13. The van der Waals surface area contributed by atoms with Gasteiger partial charge in [-0.15, -0.1) is 0 Å². The molecule has 5 heteroatoms. The van der Waals surface area contributed by atoms with Crippen molar-refractivity contribution < 1.29 is 14.3 Å². The average Bonchev–Trinajstić information content (AvgIpc) is 2.72. The van der Waals surface area contributed by atoms with Crippen LogP contribution in [0.4, 0.5) is 5.69 Å². The van der Waals surface area contributed by atoms with Crippen molar-refractivity contribution in [2.75, 3.05) is 44.8 Å². The number of rotatable bonds is 7. The van der Waals surface area contributed by atoms with Crippen LogP contribution < -0.4 is 14.4 Å². The molecule has 0 unspecified atom stereocenters. The zero-order valence-electron chi connectivity index (χ0n) is 15.3. The van der Waals surface area contributed by atoms with Crippen molar-refractivity contribution in [2.45, 2.75) is 12.8 Å². The lowest BCUT2D eigenvalue weighted by Gasteiger charge is -2.36. The fraction of sp³-hybridized carbons (Fsp3) is 0.381. The fourth-order valence-electron chi connectivity index (χ4n) is 3.10. The van der Waals surface area contributed by atoms with Crippen LogP contribution in [0.1, 0.15) is 12.8 Å². The van der Waals surface area contributed by atoms with Crippen molar-refractivity contribution in [1.82, 2.24) is 4.90 Å². The fourth-order valence-corrected chi connectivity index (χ4v) is 3.10. The largest absolute Gasteiger partial charge is 0.497 e.